The average Bonchev–Trinajstić information content (AvgIpc) is 2.60. The van der Waals surface area contributed by atoms with Crippen LogP contribution < -0.4 is 15.4 Å². The number of benzene rings is 2. The number of anilines is 1. The Bertz CT molecular complexity index is 716. The number of hydrogen-bond donors (Lipinski definition) is 2. The van der Waals surface area contributed by atoms with Crippen LogP contribution in [0.1, 0.15) is 50.3 Å². The number of thiocarbonyl (C=S) groups is 1. The Morgan fingerprint density at radius 2 is 1.76 bits per heavy atom. The maximum Gasteiger partial charge on any atom is 0.171 e. The molecule has 0 aliphatic heterocycles. The van der Waals surface area contributed by atoms with Crippen molar-refractivity contribution in [3.05, 3.63) is 58.6 Å². The van der Waals surface area contributed by atoms with Crippen molar-refractivity contribution in [3.63, 3.8) is 0 Å². The normalized spacial score (nSPS) is 11.9. The lowest BCUT2D eigenvalue weighted by atomic mass is 9.98. The predicted octanol–water partition coefficient (Wildman–Crippen LogP) is 5.91. The maximum absolute atomic E-state index is 6.07. The molecule has 1 atom stereocenters. The molecule has 0 radical (unpaired) electrons. The highest BCUT2D eigenvalue weighted by molar-refractivity contribution is 7.80. The minimum absolute atomic E-state index is 0.145. The van der Waals surface area contributed by atoms with Crippen LogP contribution >= 0.6 is 23.8 Å². The summed E-state index contributed by atoms with van der Waals surface area (Å²) < 4.78 is 5.34. The second-order valence-corrected chi connectivity index (χ2v) is 7.07. The van der Waals surface area contributed by atoms with E-state index in [1.54, 1.807) is 19.2 Å². The van der Waals surface area contributed by atoms with Crippen molar-refractivity contribution in [1.82, 2.24) is 5.32 Å². The molecule has 0 saturated heterocycles. The second kappa shape index (κ2) is 9.07. The summed E-state index contributed by atoms with van der Waals surface area (Å²) in [5.41, 5.74) is 3.30. The van der Waals surface area contributed by atoms with E-state index >= 15 is 0 Å². The summed E-state index contributed by atoms with van der Waals surface area (Å²) >= 11 is 11.5. The molecule has 0 fully saturated rings. The Balaban J connectivity index is 2.08. The number of halogens is 1. The molecular formula is C20H25ClN2OS. The van der Waals surface area contributed by atoms with E-state index in [4.69, 9.17) is 28.6 Å². The molecule has 0 amide bonds. The highest BCUT2D eigenvalue weighted by Crippen LogP contribution is 2.28. The molecule has 1 unspecified atom stereocenters. The zero-order valence-electron chi connectivity index (χ0n) is 15.1. The Hall–Kier alpha value is -1.78. The first-order valence-corrected chi connectivity index (χ1v) is 9.24. The fourth-order valence-corrected chi connectivity index (χ4v) is 3.05. The zero-order chi connectivity index (χ0) is 18.4. The molecule has 2 aromatic rings. The topological polar surface area (TPSA) is 33.3 Å². The third-order valence-electron chi connectivity index (χ3n) is 4.13. The van der Waals surface area contributed by atoms with Crippen molar-refractivity contribution in [2.24, 2.45) is 0 Å². The molecule has 2 rings (SSSR count). The summed E-state index contributed by atoms with van der Waals surface area (Å²) in [6, 6.07) is 14.2. The van der Waals surface area contributed by atoms with Crippen molar-refractivity contribution in [2.75, 3.05) is 12.4 Å². The molecule has 0 aliphatic carbocycles. The van der Waals surface area contributed by atoms with Crippen LogP contribution in [0.4, 0.5) is 5.69 Å². The molecule has 3 nitrogen and oxygen atoms in total. The maximum atomic E-state index is 6.07. The fraction of sp³-hybridized carbons (Fsp3) is 0.350. The lowest BCUT2D eigenvalue weighted by Gasteiger charge is -2.21. The van der Waals surface area contributed by atoms with Gasteiger partial charge in [-0.15, -0.1) is 0 Å². The van der Waals surface area contributed by atoms with Crippen LogP contribution in [0.15, 0.2) is 42.5 Å². The van der Waals surface area contributed by atoms with Crippen molar-refractivity contribution >= 4 is 34.6 Å². The summed E-state index contributed by atoms with van der Waals surface area (Å²) in [6.45, 7) is 6.53. The summed E-state index contributed by atoms with van der Waals surface area (Å²) in [5, 5.41) is 7.72. The second-order valence-electron chi connectivity index (χ2n) is 6.23. The van der Waals surface area contributed by atoms with Crippen LogP contribution in [0.25, 0.3) is 0 Å². The van der Waals surface area contributed by atoms with Gasteiger partial charge >= 0.3 is 0 Å². The van der Waals surface area contributed by atoms with E-state index in [-0.39, 0.29) is 6.04 Å². The molecular weight excluding hydrogens is 352 g/mol. The highest BCUT2D eigenvalue weighted by Gasteiger charge is 2.13. The summed E-state index contributed by atoms with van der Waals surface area (Å²) in [7, 11) is 1.62. The minimum atomic E-state index is 0.145. The molecule has 2 aromatic carbocycles. The molecule has 2 N–H and O–H groups in total. The summed E-state index contributed by atoms with van der Waals surface area (Å²) in [5.74, 6) is 1.23. The first-order valence-electron chi connectivity index (χ1n) is 8.45. The van der Waals surface area contributed by atoms with E-state index in [1.807, 2.05) is 6.07 Å². The van der Waals surface area contributed by atoms with Crippen LogP contribution in [0, 0.1) is 0 Å². The summed E-state index contributed by atoms with van der Waals surface area (Å²) in [6.07, 6.45) is 0.926. The molecule has 5 heteroatoms. The number of nitrogens with one attached hydrogen (secondary N) is 2. The Morgan fingerprint density at radius 1 is 1.12 bits per heavy atom. The minimum Gasteiger partial charge on any atom is -0.495 e. The van der Waals surface area contributed by atoms with Gasteiger partial charge in [0, 0.05) is 5.02 Å². The van der Waals surface area contributed by atoms with Gasteiger partial charge in [-0.3, -0.25) is 0 Å². The van der Waals surface area contributed by atoms with Gasteiger partial charge in [-0.25, -0.2) is 0 Å². The van der Waals surface area contributed by atoms with Gasteiger partial charge in [-0.1, -0.05) is 56.6 Å². The van der Waals surface area contributed by atoms with Gasteiger partial charge < -0.3 is 15.4 Å². The van der Waals surface area contributed by atoms with Gasteiger partial charge in [0.05, 0.1) is 18.8 Å². The van der Waals surface area contributed by atoms with Crippen molar-refractivity contribution in [1.29, 1.82) is 0 Å². The van der Waals surface area contributed by atoms with Gasteiger partial charge in [0.15, 0.2) is 5.11 Å². The fourth-order valence-electron chi connectivity index (χ4n) is 2.63. The molecule has 0 aromatic heterocycles. The molecule has 0 aliphatic rings. The van der Waals surface area contributed by atoms with Crippen LogP contribution in [-0.4, -0.2) is 12.2 Å². The van der Waals surface area contributed by atoms with E-state index < -0.39 is 0 Å². The Kier molecular flexibility index (Phi) is 7.09. The van der Waals surface area contributed by atoms with Crippen LogP contribution in [0.3, 0.4) is 0 Å². The lowest BCUT2D eigenvalue weighted by Crippen LogP contribution is -2.32. The number of methoxy groups -OCH3 is 1. The Labute approximate surface area is 160 Å². The lowest BCUT2D eigenvalue weighted by molar-refractivity contribution is 0.417. The Morgan fingerprint density at radius 3 is 2.32 bits per heavy atom. The third-order valence-corrected chi connectivity index (χ3v) is 4.58. The summed E-state index contributed by atoms with van der Waals surface area (Å²) in [4.78, 5) is 0. The van der Waals surface area contributed by atoms with Crippen molar-refractivity contribution in [2.45, 2.75) is 39.2 Å². The zero-order valence-corrected chi connectivity index (χ0v) is 16.7. The number of hydrogen-bond acceptors (Lipinski definition) is 2. The van der Waals surface area contributed by atoms with Gasteiger partial charge in [0.2, 0.25) is 0 Å². The average molecular weight is 377 g/mol. The number of ether oxygens (including phenoxy) is 1. The third kappa shape index (κ3) is 5.35. The van der Waals surface area contributed by atoms with Crippen LogP contribution in [0.2, 0.25) is 5.02 Å². The number of rotatable bonds is 6. The van der Waals surface area contributed by atoms with Crippen LogP contribution in [0.5, 0.6) is 5.75 Å². The molecule has 25 heavy (non-hydrogen) atoms. The van der Waals surface area contributed by atoms with Gasteiger partial charge in [-0.2, -0.15) is 0 Å². The molecule has 0 heterocycles. The smallest absolute Gasteiger partial charge is 0.171 e. The predicted molar refractivity (Wildman–Crippen MR) is 111 cm³/mol. The highest BCUT2D eigenvalue weighted by atomic mass is 35.5. The van der Waals surface area contributed by atoms with Crippen LogP contribution in [-0.2, 0) is 0 Å². The standard InChI is InChI=1S/C20H25ClN2OS/c1-5-17(15-8-6-14(7-9-15)13(2)3)22-20(25)23-18-12-16(21)10-11-19(18)24-4/h6-13,17H,5H2,1-4H3,(H2,22,23,25). The molecule has 134 valence electrons. The largest absolute Gasteiger partial charge is 0.495 e. The van der Waals surface area contributed by atoms with E-state index in [9.17, 15) is 0 Å². The monoisotopic (exact) mass is 376 g/mol. The first-order chi connectivity index (χ1) is 11.9. The van der Waals surface area contributed by atoms with Crippen molar-refractivity contribution in [3.8, 4) is 5.75 Å². The SMILES string of the molecule is CCC(NC(=S)Nc1cc(Cl)ccc1OC)c1ccc(C(C)C)cc1. The first kappa shape index (κ1) is 19.5. The van der Waals surface area contributed by atoms with Crippen molar-refractivity contribution < 1.29 is 4.74 Å². The quantitative estimate of drug-likeness (QED) is 0.614. The van der Waals surface area contributed by atoms with E-state index in [1.165, 1.54) is 11.1 Å². The van der Waals surface area contributed by atoms with E-state index in [0.29, 0.717) is 21.8 Å². The molecule has 0 bridgehead atoms. The van der Waals surface area contributed by atoms with Gasteiger partial charge in [-0.05, 0) is 53.9 Å². The van der Waals surface area contributed by atoms with Gasteiger partial charge in [0.25, 0.3) is 0 Å². The van der Waals surface area contributed by atoms with E-state index in [2.05, 4.69) is 55.7 Å². The van der Waals surface area contributed by atoms with E-state index in [0.717, 1.165) is 12.1 Å². The molecule has 0 spiro atoms. The van der Waals surface area contributed by atoms with Gasteiger partial charge in [0.1, 0.15) is 5.75 Å². The molecule has 0 saturated carbocycles.